The number of halogens is 1. The maximum Gasteiger partial charge on any atom is 0.253 e. The van der Waals surface area contributed by atoms with E-state index in [0.717, 1.165) is 40.0 Å². The van der Waals surface area contributed by atoms with Crippen molar-refractivity contribution in [2.75, 3.05) is 13.1 Å². The van der Waals surface area contributed by atoms with Crippen LogP contribution in [0, 0.1) is 3.57 Å². The molecule has 24 heavy (non-hydrogen) atoms. The number of fused-ring (bicyclic) bond motifs is 1. The summed E-state index contributed by atoms with van der Waals surface area (Å²) in [6.07, 6.45) is 4.01. The Morgan fingerprint density at radius 3 is 2.79 bits per heavy atom. The van der Waals surface area contributed by atoms with Gasteiger partial charge in [0.1, 0.15) is 5.82 Å². The predicted molar refractivity (Wildman–Crippen MR) is 100 cm³/mol. The van der Waals surface area contributed by atoms with E-state index in [2.05, 4.69) is 32.8 Å². The van der Waals surface area contributed by atoms with Crippen molar-refractivity contribution in [2.24, 2.45) is 0 Å². The summed E-state index contributed by atoms with van der Waals surface area (Å²) in [5, 5.41) is 8.61. The van der Waals surface area contributed by atoms with Crippen LogP contribution in [-0.4, -0.2) is 38.5 Å². The van der Waals surface area contributed by atoms with Crippen molar-refractivity contribution in [3.63, 3.8) is 0 Å². The Balaban J connectivity index is 1.57. The van der Waals surface area contributed by atoms with E-state index in [1.807, 2.05) is 58.0 Å². The predicted octanol–water partition coefficient (Wildman–Crippen LogP) is 3.35. The summed E-state index contributed by atoms with van der Waals surface area (Å²) in [5.74, 6) is 1.28. The summed E-state index contributed by atoms with van der Waals surface area (Å²) in [6.45, 7) is 1.50. The second-order valence-electron chi connectivity index (χ2n) is 6.08. The molecule has 2 aromatic heterocycles. The fourth-order valence-corrected chi connectivity index (χ4v) is 3.65. The summed E-state index contributed by atoms with van der Waals surface area (Å²) < 4.78 is 3.17. The number of amides is 1. The maximum absolute atomic E-state index is 12.8. The van der Waals surface area contributed by atoms with Crippen molar-refractivity contribution in [2.45, 2.75) is 18.8 Å². The van der Waals surface area contributed by atoms with Gasteiger partial charge in [-0.2, -0.15) is 0 Å². The first kappa shape index (κ1) is 15.6. The lowest BCUT2D eigenvalue weighted by atomic mass is 9.96. The maximum atomic E-state index is 12.8. The number of hydrogen-bond donors (Lipinski definition) is 0. The normalized spacial score (nSPS) is 18.0. The zero-order valence-corrected chi connectivity index (χ0v) is 15.3. The number of nitrogens with zero attached hydrogens (tertiary/aromatic N) is 4. The summed E-state index contributed by atoms with van der Waals surface area (Å²) in [4.78, 5) is 14.7. The number of carbonyl (C=O) groups is 1. The highest BCUT2D eigenvalue weighted by Gasteiger charge is 2.28. The van der Waals surface area contributed by atoms with Crippen LogP contribution in [0.4, 0.5) is 0 Å². The smallest absolute Gasteiger partial charge is 0.253 e. The zero-order valence-electron chi connectivity index (χ0n) is 13.1. The fraction of sp³-hybridized carbons (Fsp3) is 0.278. The molecule has 1 atom stereocenters. The first-order chi connectivity index (χ1) is 11.7. The third kappa shape index (κ3) is 2.90. The lowest BCUT2D eigenvalue weighted by molar-refractivity contribution is 0.0704. The molecule has 1 fully saturated rings. The Labute approximate surface area is 153 Å². The van der Waals surface area contributed by atoms with Crippen molar-refractivity contribution in [3.05, 3.63) is 63.6 Å². The minimum atomic E-state index is 0.102. The molecule has 0 saturated carbocycles. The lowest BCUT2D eigenvalue weighted by Crippen LogP contribution is -2.39. The Morgan fingerprint density at radius 2 is 1.96 bits per heavy atom. The number of hydrogen-bond acceptors (Lipinski definition) is 3. The van der Waals surface area contributed by atoms with Crippen molar-refractivity contribution in [3.8, 4) is 0 Å². The van der Waals surface area contributed by atoms with E-state index < -0.39 is 0 Å². The number of likely N-dealkylation sites (tertiary alicyclic amines) is 1. The van der Waals surface area contributed by atoms with Gasteiger partial charge in [0.2, 0.25) is 0 Å². The van der Waals surface area contributed by atoms with E-state index >= 15 is 0 Å². The quantitative estimate of drug-likeness (QED) is 0.584. The standard InChI is InChI=1S/C18H17IN4O/c19-15-8-6-13(7-9-15)18(24)22-10-3-4-14(12-22)17-21-20-16-5-1-2-11-23(16)17/h1-2,5-9,11,14H,3-4,10,12H2/t14-/m1/s1. The van der Waals surface area contributed by atoms with Crippen LogP contribution in [0.5, 0.6) is 0 Å². The molecule has 0 N–H and O–H groups in total. The molecule has 3 heterocycles. The van der Waals surface area contributed by atoms with Crippen LogP contribution in [0.3, 0.4) is 0 Å². The summed E-state index contributed by atoms with van der Waals surface area (Å²) in [6, 6.07) is 13.6. The molecule has 0 bridgehead atoms. The van der Waals surface area contributed by atoms with Crippen molar-refractivity contribution in [1.82, 2.24) is 19.5 Å². The molecular formula is C18H17IN4O. The van der Waals surface area contributed by atoms with E-state index in [4.69, 9.17) is 0 Å². The van der Waals surface area contributed by atoms with Crippen LogP contribution in [0.1, 0.15) is 34.9 Å². The van der Waals surface area contributed by atoms with Crippen molar-refractivity contribution >= 4 is 34.1 Å². The largest absolute Gasteiger partial charge is 0.338 e. The van der Waals surface area contributed by atoms with Gasteiger partial charge in [0, 0.05) is 34.3 Å². The SMILES string of the molecule is O=C(c1ccc(I)cc1)N1CCC[C@@H](c2nnc3ccccn23)C1. The molecule has 1 aromatic carbocycles. The highest BCUT2D eigenvalue weighted by atomic mass is 127. The molecule has 1 aliphatic heterocycles. The number of benzene rings is 1. The molecule has 5 nitrogen and oxygen atoms in total. The van der Waals surface area contributed by atoms with Crippen LogP contribution >= 0.6 is 22.6 Å². The molecular weight excluding hydrogens is 415 g/mol. The number of carbonyl (C=O) groups excluding carboxylic acids is 1. The monoisotopic (exact) mass is 432 g/mol. The molecule has 4 rings (SSSR count). The van der Waals surface area contributed by atoms with E-state index in [1.54, 1.807) is 0 Å². The van der Waals surface area contributed by atoms with Gasteiger partial charge in [-0.05, 0) is 71.8 Å². The van der Waals surface area contributed by atoms with Gasteiger partial charge in [0.05, 0.1) is 0 Å². The third-order valence-corrected chi connectivity index (χ3v) is 5.22. The van der Waals surface area contributed by atoms with Crippen molar-refractivity contribution < 1.29 is 4.79 Å². The van der Waals surface area contributed by atoms with E-state index in [1.165, 1.54) is 0 Å². The van der Waals surface area contributed by atoms with Crippen LogP contribution in [0.25, 0.3) is 5.65 Å². The molecule has 1 saturated heterocycles. The van der Waals surface area contributed by atoms with Gasteiger partial charge in [-0.15, -0.1) is 10.2 Å². The van der Waals surface area contributed by atoms with Gasteiger partial charge in [0.25, 0.3) is 5.91 Å². The van der Waals surface area contributed by atoms with Gasteiger partial charge in [-0.25, -0.2) is 0 Å². The Kier molecular flexibility index (Phi) is 4.22. The second kappa shape index (κ2) is 6.51. The summed E-state index contributed by atoms with van der Waals surface area (Å²) in [7, 11) is 0. The molecule has 122 valence electrons. The van der Waals surface area contributed by atoms with Crippen LogP contribution in [0.15, 0.2) is 48.7 Å². The summed E-state index contributed by atoms with van der Waals surface area (Å²) in [5.41, 5.74) is 1.61. The molecule has 0 aliphatic carbocycles. The molecule has 1 aliphatic rings. The molecule has 1 amide bonds. The Morgan fingerprint density at radius 1 is 1.12 bits per heavy atom. The van der Waals surface area contributed by atoms with E-state index in [-0.39, 0.29) is 11.8 Å². The number of pyridine rings is 1. The second-order valence-corrected chi connectivity index (χ2v) is 7.33. The first-order valence-corrected chi connectivity index (χ1v) is 9.15. The zero-order chi connectivity index (χ0) is 16.5. The topological polar surface area (TPSA) is 50.5 Å². The highest BCUT2D eigenvalue weighted by molar-refractivity contribution is 14.1. The number of rotatable bonds is 2. The number of aromatic nitrogens is 3. The third-order valence-electron chi connectivity index (χ3n) is 4.51. The minimum absolute atomic E-state index is 0.102. The molecule has 3 aromatic rings. The van der Waals surface area contributed by atoms with Gasteiger partial charge < -0.3 is 4.90 Å². The lowest BCUT2D eigenvalue weighted by Gasteiger charge is -2.32. The Bertz CT molecular complexity index is 874. The average Bonchev–Trinajstić information content (AvgIpc) is 3.06. The van der Waals surface area contributed by atoms with E-state index in [0.29, 0.717) is 6.54 Å². The highest BCUT2D eigenvalue weighted by Crippen LogP contribution is 2.27. The minimum Gasteiger partial charge on any atom is -0.338 e. The van der Waals surface area contributed by atoms with Gasteiger partial charge in [-0.3, -0.25) is 9.20 Å². The summed E-state index contributed by atoms with van der Waals surface area (Å²) >= 11 is 2.25. The van der Waals surface area contributed by atoms with Gasteiger partial charge in [-0.1, -0.05) is 6.07 Å². The molecule has 0 spiro atoms. The average molecular weight is 432 g/mol. The molecule has 0 radical (unpaired) electrons. The number of piperidine rings is 1. The molecule has 6 heteroatoms. The Hall–Kier alpha value is -1.96. The van der Waals surface area contributed by atoms with Crippen LogP contribution < -0.4 is 0 Å². The first-order valence-electron chi connectivity index (χ1n) is 8.07. The van der Waals surface area contributed by atoms with Gasteiger partial charge >= 0.3 is 0 Å². The fourth-order valence-electron chi connectivity index (χ4n) is 3.29. The van der Waals surface area contributed by atoms with Crippen LogP contribution in [-0.2, 0) is 0 Å². The van der Waals surface area contributed by atoms with Gasteiger partial charge in [0.15, 0.2) is 5.65 Å². The molecule has 0 unspecified atom stereocenters. The van der Waals surface area contributed by atoms with Crippen LogP contribution in [0.2, 0.25) is 0 Å². The van der Waals surface area contributed by atoms with E-state index in [9.17, 15) is 4.79 Å². The van der Waals surface area contributed by atoms with Crippen molar-refractivity contribution in [1.29, 1.82) is 0 Å².